The van der Waals surface area contributed by atoms with E-state index in [1.54, 1.807) is 31.4 Å². The van der Waals surface area contributed by atoms with Gasteiger partial charge in [0.15, 0.2) is 21.5 Å². The third kappa shape index (κ3) is 5.07. The van der Waals surface area contributed by atoms with Gasteiger partial charge in [-0.15, -0.1) is 5.10 Å². The summed E-state index contributed by atoms with van der Waals surface area (Å²) in [5.74, 6) is 1.35. The Bertz CT molecular complexity index is 1200. The van der Waals surface area contributed by atoms with Gasteiger partial charge in [0.2, 0.25) is 0 Å². The minimum Gasteiger partial charge on any atom is -0.495 e. The van der Waals surface area contributed by atoms with Crippen molar-refractivity contribution in [1.29, 1.82) is 0 Å². The molecular weight excluding hydrogens is 452 g/mol. The minimum atomic E-state index is -3.59. The summed E-state index contributed by atoms with van der Waals surface area (Å²) in [5, 5.41) is 12.2. The smallest absolute Gasteiger partial charge is 0.198 e. The molecular formula is C24H32N6O3S. The zero-order valence-corrected chi connectivity index (χ0v) is 20.9. The predicted molar refractivity (Wildman–Crippen MR) is 131 cm³/mol. The van der Waals surface area contributed by atoms with Crippen LogP contribution in [0.1, 0.15) is 31.3 Å². The van der Waals surface area contributed by atoms with Crippen molar-refractivity contribution in [2.45, 2.75) is 37.6 Å². The zero-order chi connectivity index (χ0) is 24.3. The van der Waals surface area contributed by atoms with E-state index in [0.29, 0.717) is 5.82 Å². The minimum absolute atomic E-state index is 0.0944. The lowest BCUT2D eigenvalue weighted by Crippen LogP contribution is -2.49. The van der Waals surface area contributed by atoms with Gasteiger partial charge in [-0.25, -0.2) is 13.1 Å². The van der Waals surface area contributed by atoms with E-state index in [0.717, 1.165) is 43.2 Å². The van der Waals surface area contributed by atoms with E-state index < -0.39 is 9.84 Å². The van der Waals surface area contributed by atoms with Gasteiger partial charge in [0.05, 0.1) is 23.7 Å². The highest BCUT2D eigenvalue weighted by molar-refractivity contribution is 7.90. The first-order valence-corrected chi connectivity index (χ1v) is 13.1. The second-order valence-corrected chi connectivity index (χ2v) is 10.9. The predicted octanol–water partition coefficient (Wildman–Crippen LogP) is 2.94. The number of aryl methyl sites for hydroxylation is 1. The van der Waals surface area contributed by atoms with Crippen molar-refractivity contribution >= 4 is 15.5 Å². The highest BCUT2D eigenvalue weighted by Gasteiger charge is 2.33. The number of rotatable bonds is 8. The van der Waals surface area contributed by atoms with E-state index in [9.17, 15) is 8.42 Å². The normalized spacial score (nSPS) is 16.1. The van der Waals surface area contributed by atoms with Gasteiger partial charge < -0.3 is 9.64 Å². The summed E-state index contributed by atoms with van der Waals surface area (Å²) in [6, 6.07) is 14.8. The van der Waals surface area contributed by atoms with Crippen molar-refractivity contribution in [3.8, 4) is 5.75 Å². The molecule has 0 radical (unpaired) electrons. The lowest BCUT2D eigenvalue weighted by molar-refractivity contribution is 0.135. The number of tetrazole rings is 1. The Labute approximate surface area is 201 Å². The van der Waals surface area contributed by atoms with E-state index in [2.05, 4.69) is 45.2 Å². The van der Waals surface area contributed by atoms with Crippen LogP contribution in [0, 0.1) is 12.8 Å². The van der Waals surface area contributed by atoms with Gasteiger partial charge in [-0.2, -0.15) is 0 Å². The number of hydrogen-bond donors (Lipinski definition) is 0. The van der Waals surface area contributed by atoms with Crippen LogP contribution < -0.4 is 9.64 Å². The molecule has 9 nitrogen and oxygen atoms in total. The maximum Gasteiger partial charge on any atom is 0.198 e. The Morgan fingerprint density at radius 2 is 1.68 bits per heavy atom. The molecule has 0 amide bonds. The number of benzene rings is 2. The Morgan fingerprint density at radius 3 is 2.32 bits per heavy atom. The molecule has 1 atom stereocenters. The van der Waals surface area contributed by atoms with Gasteiger partial charge in [-0.05, 0) is 47.5 Å². The van der Waals surface area contributed by atoms with Crippen LogP contribution in [-0.2, 0) is 15.7 Å². The molecule has 1 aliphatic heterocycles. The number of nitrogens with zero attached hydrogens (tertiary/aromatic N) is 6. The van der Waals surface area contributed by atoms with Gasteiger partial charge in [-0.3, -0.25) is 4.90 Å². The molecule has 34 heavy (non-hydrogen) atoms. The summed E-state index contributed by atoms with van der Waals surface area (Å²) in [7, 11) is -1.90. The first-order chi connectivity index (χ1) is 16.3. The molecule has 1 aliphatic rings. The number of para-hydroxylation sites is 2. The molecule has 0 unspecified atom stereocenters. The number of methoxy groups -OCH3 is 1. The number of sulfone groups is 1. The molecule has 0 saturated carbocycles. The fraction of sp³-hybridized carbons (Fsp3) is 0.458. The Balaban J connectivity index is 1.52. The van der Waals surface area contributed by atoms with Crippen molar-refractivity contribution in [1.82, 2.24) is 25.1 Å². The molecule has 3 aromatic rings. The maximum atomic E-state index is 13.0. The fourth-order valence-electron chi connectivity index (χ4n) is 4.51. The molecule has 1 aromatic heterocycles. The third-order valence-electron chi connectivity index (χ3n) is 6.26. The van der Waals surface area contributed by atoms with E-state index in [1.165, 1.54) is 4.68 Å². The summed E-state index contributed by atoms with van der Waals surface area (Å²) in [6.45, 7) is 9.42. The molecule has 0 aliphatic carbocycles. The highest BCUT2D eigenvalue weighted by atomic mass is 32.2. The molecule has 4 rings (SSSR count). The largest absolute Gasteiger partial charge is 0.495 e. The number of piperazine rings is 1. The van der Waals surface area contributed by atoms with Gasteiger partial charge >= 0.3 is 0 Å². The highest BCUT2D eigenvalue weighted by Crippen LogP contribution is 2.32. The maximum absolute atomic E-state index is 13.0. The van der Waals surface area contributed by atoms with E-state index >= 15 is 0 Å². The monoisotopic (exact) mass is 484 g/mol. The summed E-state index contributed by atoms with van der Waals surface area (Å²) in [5.41, 5.74) is 2.09. The second-order valence-electron chi connectivity index (χ2n) is 8.98. The molecule has 2 heterocycles. The molecule has 10 heteroatoms. The van der Waals surface area contributed by atoms with Crippen LogP contribution in [0.5, 0.6) is 5.75 Å². The Morgan fingerprint density at radius 1 is 1.00 bits per heavy atom. The summed E-state index contributed by atoms with van der Waals surface area (Å²) >= 11 is 0. The van der Waals surface area contributed by atoms with Crippen LogP contribution in [0.4, 0.5) is 5.69 Å². The SMILES string of the molecule is COc1ccccc1N1CCN([C@H](c2nnnn2CS(=O)(=O)c2ccc(C)cc2)C(C)C)CC1. The molecule has 2 aromatic carbocycles. The summed E-state index contributed by atoms with van der Waals surface area (Å²) in [6.07, 6.45) is 0. The molecule has 0 N–H and O–H groups in total. The molecule has 182 valence electrons. The summed E-state index contributed by atoms with van der Waals surface area (Å²) < 4.78 is 33.1. The standard InChI is InChI=1S/C24H32N6O3S/c1-18(2)23(29-15-13-28(14-16-29)21-7-5-6-8-22(21)33-4)24-25-26-27-30(24)17-34(31,32)20-11-9-19(3)10-12-20/h5-12,18,23H,13-17H2,1-4H3/t23-/m0/s1. The van der Waals surface area contributed by atoms with E-state index in [1.807, 2.05) is 25.1 Å². The zero-order valence-electron chi connectivity index (χ0n) is 20.1. The average molecular weight is 485 g/mol. The van der Waals surface area contributed by atoms with Crippen molar-refractivity contribution in [2.75, 3.05) is 38.2 Å². The Hall–Kier alpha value is -2.98. The van der Waals surface area contributed by atoms with E-state index in [-0.39, 0.29) is 22.7 Å². The number of ether oxygens (including phenoxy) is 1. The molecule has 0 bridgehead atoms. The lowest BCUT2D eigenvalue weighted by Gasteiger charge is -2.41. The Kier molecular flexibility index (Phi) is 7.18. The first kappa shape index (κ1) is 24.2. The molecule has 0 spiro atoms. The van der Waals surface area contributed by atoms with Gasteiger partial charge in [0.1, 0.15) is 5.75 Å². The number of anilines is 1. The summed E-state index contributed by atoms with van der Waals surface area (Å²) in [4.78, 5) is 4.93. The van der Waals surface area contributed by atoms with Crippen molar-refractivity contribution in [3.63, 3.8) is 0 Å². The molecule has 1 fully saturated rings. The quantitative estimate of drug-likeness (QED) is 0.482. The van der Waals surface area contributed by atoms with Crippen molar-refractivity contribution in [2.24, 2.45) is 5.92 Å². The van der Waals surface area contributed by atoms with Crippen LogP contribution in [0.15, 0.2) is 53.4 Å². The number of aromatic nitrogens is 4. The van der Waals surface area contributed by atoms with Crippen molar-refractivity contribution in [3.05, 3.63) is 59.9 Å². The van der Waals surface area contributed by atoms with Gasteiger partial charge in [-0.1, -0.05) is 43.7 Å². The topological polar surface area (TPSA) is 93.4 Å². The van der Waals surface area contributed by atoms with Gasteiger partial charge in [0.25, 0.3) is 0 Å². The van der Waals surface area contributed by atoms with Crippen LogP contribution in [0.2, 0.25) is 0 Å². The van der Waals surface area contributed by atoms with Crippen LogP contribution in [-0.4, -0.2) is 66.8 Å². The first-order valence-electron chi connectivity index (χ1n) is 11.5. The van der Waals surface area contributed by atoms with Crippen LogP contribution >= 0.6 is 0 Å². The number of hydrogen-bond acceptors (Lipinski definition) is 8. The lowest BCUT2D eigenvalue weighted by atomic mass is 10.0. The molecule has 1 saturated heterocycles. The second kappa shape index (κ2) is 10.1. The van der Waals surface area contributed by atoms with Crippen LogP contribution in [0.3, 0.4) is 0 Å². The average Bonchev–Trinajstić information content (AvgIpc) is 3.26. The van der Waals surface area contributed by atoms with Crippen molar-refractivity contribution < 1.29 is 13.2 Å². The van der Waals surface area contributed by atoms with Crippen LogP contribution in [0.25, 0.3) is 0 Å². The van der Waals surface area contributed by atoms with E-state index in [4.69, 9.17) is 4.74 Å². The van der Waals surface area contributed by atoms with Gasteiger partial charge in [0, 0.05) is 26.2 Å². The fourth-order valence-corrected chi connectivity index (χ4v) is 5.72. The third-order valence-corrected chi connectivity index (χ3v) is 7.84.